The molecule has 1 N–H and O–H groups in total. The smallest absolute Gasteiger partial charge is 0.323 e. The van der Waals surface area contributed by atoms with Gasteiger partial charge in [0.15, 0.2) is 5.41 Å². The van der Waals surface area contributed by atoms with Crippen molar-refractivity contribution in [1.29, 1.82) is 0 Å². The third kappa shape index (κ3) is 3.73. The molecule has 0 aromatic heterocycles. The van der Waals surface area contributed by atoms with Crippen LogP contribution >= 0.6 is 11.6 Å². The number of carbonyl (C=O) groups is 2. The van der Waals surface area contributed by atoms with Gasteiger partial charge in [-0.3, -0.25) is 9.59 Å². The Morgan fingerprint density at radius 2 is 2.05 bits per heavy atom. The van der Waals surface area contributed by atoms with Crippen LogP contribution in [0.5, 0.6) is 0 Å². The molecule has 0 radical (unpaired) electrons. The molecule has 1 aromatic rings. The summed E-state index contributed by atoms with van der Waals surface area (Å²) in [5.41, 5.74) is -1.81. The van der Waals surface area contributed by atoms with E-state index in [1.54, 1.807) is 13.8 Å². The summed E-state index contributed by atoms with van der Waals surface area (Å²) in [6.45, 7) is 3.40. The van der Waals surface area contributed by atoms with Gasteiger partial charge in [0.2, 0.25) is 0 Å². The number of carboxylic acid groups (broad SMARTS) is 1. The minimum Gasteiger partial charge on any atom is -0.480 e. The van der Waals surface area contributed by atoms with Crippen LogP contribution in [0.2, 0.25) is 5.02 Å². The third-order valence-corrected chi connectivity index (χ3v) is 3.65. The molecule has 1 unspecified atom stereocenters. The number of hydrogen-bond acceptors (Lipinski definition) is 3. The van der Waals surface area contributed by atoms with E-state index in [0.29, 0.717) is 6.42 Å². The van der Waals surface area contributed by atoms with Gasteiger partial charge in [0.25, 0.3) is 0 Å². The van der Waals surface area contributed by atoms with E-state index in [1.165, 1.54) is 18.2 Å². The molecule has 0 aliphatic rings. The second-order valence-electron chi connectivity index (χ2n) is 4.73. The molecule has 0 spiro atoms. The van der Waals surface area contributed by atoms with Gasteiger partial charge in [-0.1, -0.05) is 31.0 Å². The van der Waals surface area contributed by atoms with Gasteiger partial charge < -0.3 is 9.84 Å². The Bertz CT molecular complexity index is 512. The quantitative estimate of drug-likeness (QED) is 0.618. The predicted molar refractivity (Wildman–Crippen MR) is 76.7 cm³/mol. The fourth-order valence-electron chi connectivity index (χ4n) is 2.23. The molecule has 1 rings (SSSR count). The molecule has 0 heterocycles. The highest BCUT2D eigenvalue weighted by molar-refractivity contribution is 6.31. The highest BCUT2D eigenvalue weighted by Gasteiger charge is 2.47. The maximum atomic E-state index is 13.9. The summed E-state index contributed by atoms with van der Waals surface area (Å²) < 4.78 is 18.8. The molecule has 0 aliphatic heterocycles. The van der Waals surface area contributed by atoms with Crippen LogP contribution in [-0.4, -0.2) is 23.7 Å². The second-order valence-corrected chi connectivity index (χ2v) is 5.14. The summed E-state index contributed by atoms with van der Waals surface area (Å²) in [7, 11) is 0. The summed E-state index contributed by atoms with van der Waals surface area (Å²) in [5.74, 6) is -2.82. The van der Waals surface area contributed by atoms with Gasteiger partial charge in [-0.25, -0.2) is 4.39 Å². The number of ether oxygens (including phenoxy) is 1. The molecule has 0 saturated carbocycles. The van der Waals surface area contributed by atoms with E-state index in [9.17, 15) is 19.1 Å². The zero-order chi connectivity index (χ0) is 16.0. The first-order valence-corrected chi connectivity index (χ1v) is 7.10. The van der Waals surface area contributed by atoms with E-state index in [1.807, 2.05) is 0 Å². The Hall–Kier alpha value is -1.62. The molecule has 0 fully saturated rings. The van der Waals surface area contributed by atoms with Crippen LogP contribution < -0.4 is 0 Å². The van der Waals surface area contributed by atoms with E-state index in [4.69, 9.17) is 16.3 Å². The number of carbonyl (C=O) groups excluding carboxylic acids is 1. The molecule has 0 saturated heterocycles. The van der Waals surface area contributed by atoms with Gasteiger partial charge in [0.1, 0.15) is 5.82 Å². The monoisotopic (exact) mass is 316 g/mol. The fraction of sp³-hybridized carbons (Fsp3) is 0.467. The Morgan fingerprint density at radius 1 is 1.38 bits per heavy atom. The molecule has 0 aliphatic carbocycles. The number of benzene rings is 1. The zero-order valence-electron chi connectivity index (χ0n) is 12.0. The number of rotatable bonds is 7. The first kappa shape index (κ1) is 17.4. The standard InChI is InChI=1S/C15H18ClFO4/c1-3-8-15(13(18)19,14(20)21-4-2)9-10-11(16)6-5-7-12(10)17/h5-7H,3-4,8-9H2,1-2H3,(H,18,19). The van der Waals surface area contributed by atoms with E-state index >= 15 is 0 Å². The van der Waals surface area contributed by atoms with Crippen LogP contribution in [0.1, 0.15) is 32.3 Å². The Balaban J connectivity index is 3.30. The largest absolute Gasteiger partial charge is 0.480 e. The maximum Gasteiger partial charge on any atom is 0.323 e. The van der Waals surface area contributed by atoms with Crippen molar-refractivity contribution in [3.63, 3.8) is 0 Å². The van der Waals surface area contributed by atoms with Crippen LogP contribution in [-0.2, 0) is 20.7 Å². The fourth-order valence-corrected chi connectivity index (χ4v) is 2.46. The third-order valence-electron chi connectivity index (χ3n) is 3.29. The predicted octanol–water partition coefficient (Wildman–Crippen LogP) is 3.46. The first-order valence-electron chi connectivity index (χ1n) is 6.72. The molecule has 4 nitrogen and oxygen atoms in total. The average molecular weight is 317 g/mol. The lowest BCUT2D eigenvalue weighted by Crippen LogP contribution is -2.43. The van der Waals surface area contributed by atoms with E-state index < -0.39 is 23.2 Å². The number of hydrogen-bond donors (Lipinski definition) is 1. The Kier molecular flexibility index (Phi) is 6.15. The molecule has 0 bridgehead atoms. The summed E-state index contributed by atoms with van der Waals surface area (Å²) in [5, 5.41) is 9.63. The van der Waals surface area contributed by atoms with Crippen molar-refractivity contribution in [3.05, 3.63) is 34.6 Å². The molecule has 21 heavy (non-hydrogen) atoms. The van der Waals surface area contributed by atoms with Crippen molar-refractivity contribution >= 4 is 23.5 Å². The summed E-state index contributed by atoms with van der Waals surface area (Å²) in [6, 6.07) is 4.07. The average Bonchev–Trinajstić information content (AvgIpc) is 2.41. The van der Waals surface area contributed by atoms with Crippen LogP contribution in [0.4, 0.5) is 4.39 Å². The molecule has 1 atom stereocenters. The van der Waals surface area contributed by atoms with E-state index in [2.05, 4.69) is 0 Å². The van der Waals surface area contributed by atoms with Gasteiger partial charge in [0.05, 0.1) is 6.61 Å². The van der Waals surface area contributed by atoms with Crippen LogP contribution in [0.15, 0.2) is 18.2 Å². The SMILES string of the molecule is CCCC(Cc1c(F)cccc1Cl)(C(=O)O)C(=O)OCC. The highest BCUT2D eigenvalue weighted by atomic mass is 35.5. The Morgan fingerprint density at radius 3 is 2.52 bits per heavy atom. The summed E-state index contributed by atoms with van der Waals surface area (Å²) in [6.07, 6.45) is 0.156. The molecule has 6 heteroatoms. The second kappa shape index (κ2) is 7.41. The number of halogens is 2. The van der Waals surface area contributed by atoms with Gasteiger partial charge >= 0.3 is 11.9 Å². The van der Waals surface area contributed by atoms with Crippen LogP contribution in [0.3, 0.4) is 0 Å². The lowest BCUT2D eigenvalue weighted by atomic mass is 9.77. The van der Waals surface area contributed by atoms with Crippen molar-refractivity contribution in [1.82, 2.24) is 0 Å². The molecular weight excluding hydrogens is 299 g/mol. The minimum atomic E-state index is -1.82. The Labute approximate surface area is 127 Å². The normalized spacial score (nSPS) is 13.5. The number of aliphatic carboxylic acids is 1. The zero-order valence-corrected chi connectivity index (χ0v) is 12.7. The topological polar surface area (TPSA) is 63.6 Å². The van der Waals surface area contributed by atoms with Crippen molar-refractivity contribution in [2.24, 2.45) is 5.41 Å². The number of esters is 1. The van der Waals surface area contributed by atoms with Crippen molar-refractivity contribution < 1.29 is 23.8 Å². The van der Waals surface area contributed by atoms with E-state index in [-0.39, 0.29) is 30.0 Å². The van der Waals surface area contributed by atoms with Crippen LogP contribution in [0, 0.1) is 11.2 Å². The van der Waals surface area contributed by atoms with Crippen LogP contribution in [0.25, 0.3) is 0 Å². The van der Waals surface area contributed by atoms with Crippen molar-refractivity contribution in [2.75, 3.05) is 6.61 Å². The van der Waals surface area contributed by atoms with Crippen molar-refractivity contribution in [2.45, 2.75) is 33.1 Å². The minimum absolute atomic E-state index is 0.0167. The van der Waals surface area contributed by atoms with Gasteiger partial charge in [-0.15, -0.1) is 0 Å². The summed E-state index contributed by atoms with van der Waals surface area (Å²) >= 11 is 5.94. The van der Waals surface area contributed by atoms with Gasteiger partial charge in [0, 0.05) is 17.0 Å². The van der Waals surface area contributed by atoms with Gasteiger partial charge in [-0.05, 0) is 25.5 Å². The highest BCUT2D eigenvalue weighted by Crippen LogP contribution is 2.34. The van der Waals surface area contributed by atoms with E-state index in [0.717, 1.165) is 0 Å². The molecule has 116 valence electrons. The molecule has 1 aromatic carbocycles. The summed E-state index contributed by atoms with van der Waals surface area (Å²) in [4.78, 5) is 23.8. The van der Waals surface area contributed by atoms with Crippen molar-refractivity contribution in [3.8, 4) is 0 Å². The molecule has 0 amide bonds. The lowest BCUT2D eigenvalue weighted by Gasteiger charge is -2.27. The molecular formula is C15H18ClFO4. The number of carboxylic acids is 1. The first-order chi connectivity index (χ1) is 9.89. The van der Waals surface area contributed by atoms with Gasteiger partial charge in [-0.2, -0.15) is 0 Å². The lowest BCUT2D eigenvalue weighted by molar-refractivity contribution is -0.169. The maximum absolute atomic E-state index is 13.9.